The van der Waals surface area contributed by atoms with E-state index in [1.165, 1.54) is 0 Å². The molecule has 2 aromatic heterocycles. The van der Waals surface area contributed by atoms with Crippen molar-refractivity contribution in [1.29, 1.82) is 0 Å². The topological polar surface area (TPSA) is 63.9 Å². The summed E-state index contributed by atoms with van der Waals surface area (Å²) >= 11 is 0. The van der Waals surface area contributed by atoms with Gasteiger partial charge in [0, 0.05) is 17.1 Å². The van der Waals surface area contributed by atoms with Crippen molar-refractivity contribution in [2.75, 3.05) is 0 Å². The van der Waals surface area contributed by atoms with Crippen molar-refractivity contribution >= 4 is 24.0 Å². The highest BCUT2D eigenvalue weighted by molar-refractivity contribution is 6.51. The van der Waals surface area contributed by atoms with Gasteiger partial charge >= 0.3 is 7.48 Å². The molecule has 0 unspecified atom stereocenters. The van der Waals surface area contributed by atoms with E-state index in [1.807, 2.05) is 46.0 Å². The van der Waals surface area contributed by atoms with Gasteiger partial charge in [-0.3, -0.25) is 0 Å². The molecule has 0 bridgehead atoms. The number of hydrogen-bond acceptors (Lipinski definition) is 3. The van der Waals surface area contributed by atoms with Crippen molar-refractivity contribution in [1.82, 2.24) is 9.97 Å². The summed E-state index contributed by atoms with van der Waals surface area (Å²) in [6.07, 6.45) is 3.65. The van der Waals surface area contributed by atoms with E-state index in [4.69, 9.17) is 10.4 Å². The molecule has 0 aliphatic carbocycles. The summed E-state index contributed by atoms with van der Waals surface area (Å²) in [5.41, 5.74) is 7.07. The number of rotatable bonds is 4. The second-order valence-electron chi connectivity index (χ2n) is 5.61. The first-order valence-electron chi connectivity index (χ1n) is 6.03. The minimum Gasteiger partial charge on any atom is -0.428 e. The smallest absolute Gasteiger partial charge is 0.333 e. The molecule has 3 N–H and O–H groups in total. The number of hydrogen-bond donors (Lipinski definition) is 2. The molecule has 0 aromatic carbocycles. The van der Waals surface area contributed by atoms with Crippen LogP contribution < -0.4 is 11.2 Å². The second kappa shape index (κ2) is 4.41. The number of aromatic amines is 1. The Morgan fingerprint density at radius 3 is 2.72 bits per heavy atom. The molecule has 0 atom stereocenters. The van der Waals surface area contributed by atoms with Crippen molar-refractivity contribution in [2.24, 2.45) is 5.73 Å². The lowest BCUT2D eigenvalue weighted by molar-refractivity contribution is 0.0463. The van der Waals surface area contributed by atoms with Gasteiger partial charge in [-0.2, -0.15) is 0 Å². The highest BCUT2D eigenvalue weighted by Gasteiger charge is 2.34. The molecule has 0 aliphatic rings. The summed E-state index contributed by atoms with van der Waals surface area (Å²) < 4.78 is 5.85. The van der Waals surface area contributed by atoms with Gasteiger partial charge in [-0.15, -0.1) is 0 Å². The predicted octanol–water partition coefficient (Wildman–Crippen LogP) is 1.34. The first kappa shape index (κ1) is 13.1. The summed E-state index contributed by atoms with van der Waals surface area (Å²) in [4.78, 5) is 7.35. The molecule has 0 spiro atoms. The first-order chi connectivity index (χ1) is 8.31. The Labute approximate surface area is 108 Å². The zero-order valence-corrected chi connectivity index (χ0v) is 11.3. The van der Waals surface area contributed by atoms with E-state index < -0.39 is 11.1 Å². The summed E-state index contributed by atoms with van der Waals surface area (Å²) in [6, 6.07) is 3.92. The van der Waals surface area contributed by atoms with Crippen LogP contribution in [-0.4, -0.2) is 28.6 Å². The second-order valence-corrected chi connectivity index (χ2v) is 5.61. The van der Waals surface area contributed by atoms with Crippen molar-refractivity contribution < 1.29 is 4.65 Å². The lowest BCUT2D eigenvalue weighted by Gasteiger charge is -2.38. The third-order valence-electron chi connectivity index (χ3n) is 3.52. The van der Waals surface area contributed by atoms with E-state index in [0.29, 0.717) is 0 Å². The van der Waals surface area contributed by atoms with E-state index in [0.717, 1.165) is 16.5 Å². The summed E-state index contributed by atoms with van der Waals surface area (Å²) in [5, 5.41) is 1.04. The highest BCUT2D eigenvalue weighted by Crippen LogP contribution is 2.22. The number of H-pyrrole nitrogens is 1. The van der Waals surface area contributed by atoms with Gasteiger partial charge in [0.25, 0.3) is 0 Å². The summed E-state index contributed by atoms with van der Waals surface area (Å²) in [7, 11) is 1.75. The van der Waals surface area contributed by atoms with E-state index in [9.17, 15) is 0 Å². The number of nitrogens with two attached hydrogens (primary N) is 1. The molecule has 1 radical (unpaired) electrons. The molecule has 0 saturated carbocycles. The van der Waals surface area contributed by atoms with Gasteiger partial charge in [-0.05, 0) is 45.4 Å². The molecule has 95 valence electrons. The molecule has 2 rings (SSSR count). The molecule has 2 heterocycles. The van der Waals surface area contributed by atoms with Crippen LogP contribution in [0.4, 0.5) is 0 Å². The number of pyridine rings is 1. The Hall–Kier alpha value is -1.33. The van der Waals surface area contributed by atoms with E-state index in [2.05, 4.69) is 9.97 Å². The molecule has 0 fully saturated rings. The van der Waals surface area contributed by atoms with Crippen LogP contribution in [0.5, 0.6) is 0 Å². The molecule has 0 saturated heterocycles. The van der Waals surface area contributed by atoms with Crippen LogP contribution in [0.1, 0.15) is 27.7 Å². The Bertz CT molecular complexity index is 542. The van der Waals surface area contributed by atoms with Crippen LogP contribution >= 0.6 is 0 Å². The predicted molar refractivity (Wildman–Crippen MR) is 74.9 cm³/mol. The van der Waals surface area contributed by atoms with Crippen LogP contribution in [0.2, 0.25) is 0 Å². The molecule has 0 amide bonds. The van der Waals surface area contributed by atoms with Gasteiger partial charge in [0.1, 0.15) is 5.65 Å². The molecule has 4 nitrogen and oxygen atoms in total. The third-order valence-corrected chi connectivity index (χ3v) is 3.52. The van der Waals surface area contributed by atoms with Gasteiger partial charge in [0.15, 0.2) is 0 Å². The molecule has 2 aromatic rings. The maximum Gasteiger partial charge on any atom is 0.333 e. The van der Waals surface area contributed by atoms with Crippen LogP contribution in [0.15, 0.2) is 24.5 Å². The number of nitrogens with zero attached hydrogens (tertiary/aromatic N) is 1. The highest BCUT2D eigenvalue weighted by atomic mass is 16.5. The van der Waals surface area contributed by atoms with Gasteiger partial charge < -0.3 is 15.4 Å². The molecule has 18 heavy (non-hydrogen) atoms. The zero-order chi connectivity index (χ0) is 13.4. The standard InChI is InChI=1S/C13H19BN3O/c1-12(2,15)13(3,4)18-14-10-8-17-11-9(10)6-5-7-16-11/h5-8H,15H2,1-4H3,(H,16,17). The average molecular weight is 244 g/mol. The Balaban J connectivity index is 2.16. The average Bonchev–Trinajstić information content (AvgIpc) is 2.68. The molecular formula is C13H19BN3O. The van der Waals surface area contributed by atoms with Crippen LogP contribution in [0.3, 0.4) is 0 Å². The van der Waals surface area contributed by atoms with E-state index in [1.54, 1.807) is 13.7 Å². The molecule has 0 aliphatic heterocycles. The maximum atomic E-state index is 6.10. The first-order valence-corrected chi connectivity index (χ1v) is 6.03. The van der Waals surface area contributed by atoms with E-state index >= 15 is 0 Å². The Morgan fingerprint density at radius 2 is 2.06 bits per heavy atom. The van der Waals surface area contributed by atoms with Crippen molar-refractivity contribution in [3.05, 3.63) is 24.5 Å². The fraction of sp³-hybridized carbons (Fsp3) is 0.462. The number of nitrogens with one attached hydrogen (secondary N) is 1. The summed E-state index contributed by atoms with van der Waals surface area (Å²) in [5.74, 6) is 0. The quantitative estimate of drug-likeness (QED) is 0.797. The molecular weight excluding hydrogens is 225 g/mol. The maximum absolute atomic E-state index is 6.10. The van der Waals surface area contributed by atoms with Gasteiger partial charge in [-0.1, -0.05) is 6.07 Å². The molecule has 5 heteroatoms. The van der Waals surface area contributed by atoms with Crippen molar-refractivity contribution in [3.8, 4) is 0 Å². The van der Waals surface area contributed by atoms with Crippen LogP contribution in [-0.2, 0) is 4.65 Å². The van der Waals surface area contributed by atoms with Crippen molar-refractivity contribution in [3.63, 3.8) is 0 Å². The van der Waals surface area contributed by atoms with Crippen LogP contribution in [0.25, 0.3) is 11.0 Å². The van der Waals surface area contributed by atoms with Crippen molar-refractivity contribution in [2.45, 2.75) is 38.8 Å². The lowest BCUT2D eigenvalue weighted by atomic mass is 9.81. The lowest BCUT2D eigenvalue weighted by Crippen LogP contribution is -2.55. The minimum atomic E-state index is -0.446. The summed E-state index contributed by atoms with van der Waals surface area (Å²) in [6.45, 7) is 7.88. The van der Waals surface area contributed by atoms with Gasteiger partial charge in [0.2, 0.25) is 0 Å². The fourth-order valence-corrected chi connectivity index (χ4v) is 1.44. The Morgan fingerprint density at radius 1 is 1.33 bits per heavy atom. The normalized spacial score (nSPS) is 12.9. The fourth-order valence-electron chi connectivity index (χ4n) is 1.44. The largest absolute Gasteiger partial charge is 0.428 e. The third kappa shape index (κ3) is 2.42. The minimum absolute atomic E-state index is 0.423. The van der Waals surface area contributed by atoms with Gasteiger partial charge in [0.05, 0.1) is 5.60 Å². The SMILES string of the molecule is CC(C)(N)C(C)(C)O[B]c1c[nH]c2ncccc12. The van der Waals surface area contributed by atoms with Gasteiger partial charge in [-0.25, -0.2) is 4.98 Å². The van der Waals surface area contributed by atoms with Crippen LogP contribution in [0, 0.1) is 0 Å². The number of aromatic nitrogens is 2. The monoisotopic (exact) mass is 244 g/mol. The number of fused-ring (bicyclic) bond motifs is 1. The Kier molecular flexibility index (Phi) is 3.21. The zero-order valence-electron chi connectivity index (χ0n) is 11.3. The van der Waals surface area contributed by atoms with E-state index in [-0.39, 0.29) is 0 Å².